The van der Waals surface area contributed by atoms with Gasteiger partial charge in [0.25, 0.3) is 5.91 Å². The molecule has 128 valence electrons. The second-order valence-corrected chi connectivity index (χ2v) is 5.27. The maximum absolute atomic E-state index is 14.1. The molecule has 1 aromatic heterocycles. The van der Waals surface area contributed by atoms with Gasteiger partial charge in [-0.1, -0.05) is 18.2 Å². The highest BCUT2D eigenvalue weighted by molar-refractivity contribution is 6.04. The Kier molecular flexibility index (Phi) is 3.88. The number of aromatic nitrogens is 2. The SMILES string of the molecule is [2H]C([2H])(c1c(C)cccc1F)n1cc(NC(=O)c2c(F)cccc2F)cn1. The van der Waals surface area contributed by atoms with Crippen LogP contribution in [0.1, 0.15) is 24.2 Å². The molecule has 0 fully saturated rings. The average molecular weight is 347 g/mol. The van der Waals surface area contributed by atoms with Crippen LogP contribution in [0.4, 0.5) is 18.9 Å². The van der Waals surface area contributed by atoms with Crippen molar-refractivity contribution in [1.82, 2.24) is 9.78 Å². The van der Waals surface area contributed by atoms with E-state index < -0.39 is 35.4 Å². The number of amides is 1. The van der Waals surface area contributed by atoms with Gasteiger partial charge in [0.15, 0.2) is 0 Å². The van der Waals surface area contributed by atoms with Gasteiger partial charge in [0, 0.05) is 11.8 Å². The molecule has 0 saturated heterocycles. The van der Waals surface area contributed by atoms with Crippen LogP contribution in [0.5, 0.6) is 0 Å². The minimum Gasteiger partial charge on any atom is -0.319 e. The molecule has 0 radical (unpaired) electrons. The summed E-state index contributed by atoms with van der Waals surface area (Å²) >= 11 is 0. The van der Waals surface area contributed by atoms with Gasteiger partial charge in [-0.2, -0.15) is 5.10 Å². The van der Waals surface area contributed by atoms with Crippen molar-refractivity contribution < 1.29 is 20.7 Å². The van der Waals surface area contributed by atoms with E-state index in [-0.39, 0.29) is 11.3 Å². The van der Waals surface area contributed by atoms with Gasteiger partial charge in [-0.05, 0) is 30.7 Å². The molecule has 7 heteroatoms. The molecule has 25 heavy (non-hydrogen) atoms. The number of nitrogens with zero attached hydrogens (tertiary/aromatic N) is 2. The summed E-state index contributed by atoms with van der Waals surface area (Å²) in [7, 11) is 0. The van der Waals surface area contributed by atoms with Gasteiger partial charge in [-0.3, -0.25) is 9.48 Å². The summed E-state index contributed by atoms with van der Waals surface area (Å²) in [6, 6.07) is 7.17. The summed E-state index contributed by atoms with van der Waals surface area (Å²) in [4.78, 5) is 12.1. The Morgan fingerprint density at radius 3 is 2.48 bits per heavy atom. The zero-order chi connectivity index (χ0) is 19.8. The quantitative estimate of drug-likeness (QED) is 0.778. The van der Waals surface area contributed by atoms with Crippen LogP contribution in [0.25, 0.3) is 0 Å². The van der Waals surface area contributed by atoms with Crippen molar-refractivity contribution in [3.05, 3.63) is 82.9 Å². The third kappa shape index (κ3) is 3.55. The Labute approximate surface area is 144 Å². The zero-order valence-electron chi connectivity index (χ0n) is 15.1. The third-order valence-electron chi connectivity index (χ3n) is 3.48. The summed E-state index contributed by atoms with van der Waals surface area (Å²) in [5.41, 5.74) is -0.584. The highest BCUT2D eigenvalue weighted by Gasteiger charge is 2.17. The molecule has 1 N–H and O–H groups in total. The topological polar surface area (TPSA) is 46.9 Å². The fourth-order valence-electron chi connectivity index (χ4n) is 2.24. The van der Waals surface area contributed by atoms with Gasteiger partial charge in [0.1, 0.15) is 23.0 Å². The molecule has 0 bridgehead atoms. The highest BCUT2D eigenvalue weighted by Crippen LogP contribution is 2.17. The van der Waals surface area contributed by atoms with Crippen molar-refractivity contribution in [2.24, 2.45) is 0 Å². The van der Waals surface area contributed by atoms with Crippen LogP contribution in [0, 0.1) is 24.4 Å². The molecule has 3 rings (SSSR count). The number of benzene rings is 2. The monoisotopic (exact) mass is 347 g/mol. The van der Waals surface area contributed by atoms with Gasteiger partial charge in [0.05, 0.1) is 21.1 Å². The van der Waals surface area contributed by atoms with E-state index in [1.807, 2.05) is 0 Å². The Balaban J connectivity index is 1.90. The van der Waals surface area contributed by atoms with Crippen molar-refractivity contribution >= 4 is 11.6 Å². The van der Waals surface area contributed by atoms with E-state index in [1.165, 1.54) is 6.07 Å². The standard InChI is InChI=1S/C18H14F3N3O/c1-11-4-2-5-14(19)13(11)10-24-9-12(8-22-24)23-18(25)17-15(20)6-3-7-16(17)21/h2-9H,10H2,1H3,(H,23,25)/i10D2. The van der Waals surface area contributed by atoms with Crippen LogP contribution in [0.3, 0.4) is 0 Å². The van der Waals surface area contributed by atoms with Crippen LogP contribution in [-0.2, 0) is 6.50 Å². The molecule has 3 aromatic rings. The number of carbonyl (C=O) groups excluding carboxylic acids is 1. The van der Waals surface area contributed by atoms with E-state index in [4.69, 9.17) is 2.74 Å². The van der Waals surface area contributed by atoms with Gasteiger partial charge < -0.3 is 5.32 Å². The smallest absolute Gasteiger partial charge is 0.261 e. The Bertz CT molecular complexity index is 980. The van der Waals surface area contributed by atoms with Crippen molar-refractivity contribution in [2.45, 2.75) is 13.4 Å². The Hall–Kier alpha value is -3.09. The molecule has 0 aliphatic carbocycles. The molecule has 0 aliphatic heterocycles. The highest BCUT2D eigenvalue weighted by atomic mass is 19.1. The second kappa shape index (κ2) is 6.80. The molecule has 2 aromatic carbocycles. The molecule has 0 aliphatic rings. The van der Waals surface area contributed by atoms with E-state index in [0.717, 1.165) is 41.3 Å². The molecule has 1 heterocycles. The Morgan fingerprint density at radius 2 is 1.80 bits per heavy atom. The van der Waals surface area contributed by atoms with Crippen LogP contribution in [0.15, 0.2) is 48.8 Å². The van der Waals surface area contributed by atoms with Gasteiger partial charge >= 0.3 is 0 Å². The summed E-state index contributed by atoms with van der Waals surface area (Å²) in [6.45, 7) is -0.787. The lowest BCUT2D eigenvalue weighted by Crippen LogP contribution is -2.15. The van der Waals surface area contributed by atoms with Gasteiger partial charge in [-0.25, -0.2) is 13.2 Å². The molecule has 4 nitrogen and oxygen atoms in total. The number of hydrogen-bond donors (Lipinski definition) is 1. The summed E-state index contributed by atoms with van der Waals surface area (Å²) in [5, 5.41) is 6.06. The first-order valence-corrected chi connectivity index (χ1v) is 7.28. The van der Waals surface area contributed by atoms with E-state index in [0.29, 0.717) is 5.56 Å². The number of carbonyl (C=O) groups is 1. The maximum Gasteiger partial charge on any atom is 0.261 e. The predicted octanol–water partition coefficient (Wildman–Crippen LogP) is 3.91. The summed E-state index contributed by atoms with van der Waals surface area (Å²) in [6.07, 6.45) is 2.22. The second-order valence-electron chi connectivity index (χ2n) is 5.27. The molecule has 1 amide bonds. The fraction of sp³-hybridized carbons (Fsp3) is 0.111. The van der Waals surface area contributed by atoms with E-state index >= 15 is 0 Å². The predicted molar refractivity (Wildman–Crippen MR) is 86.8 cm³/mol. The van der Waals surface area contributed by atoms with E-state index in [2.05, 4.69) is 10.4 Å². The van der Waals surface area contributed by atoms with E-state index in [9.17, 15) is 18.0 Å². The Morgan fingerprint density at radius 1 is 1.16 bits per heavy atom. The number of rotatable bonds is 4. The maximum atomic E-state index is 14.1. The minimum atomic E-state index is -2.35. The van der Waals surface area contributed by atoms with Crippen LogP contribution in [-0.4, -0.2) is 15.7 Å². The number of anilines is 1. The molecule has 0 saturated carbocycles. The molecule has 0 spiro atoms. The lowest BCUT2D eigenvalue weighted by molar-refractivity contribution is 0.101. The van der Waals surface area contributed by atoms with Crippen LogP contribution in [0.2, 0.25) is 0 Å². The number of nitrogens with one attached hydrogen (secondary N) is 1. The number of aryl methyl sites for hydroxylation is 1. The van der Waals surface area contributed by atoms with Crippen molar-refractivity contribution in [2.75, 3.05) is 5.32 Å². The van der Waals surface area contributed by atoms with Crippen molar-refractivity contribution in [3.63, 3.8) is 0 Å². The van der Waals surface area contributed by atoms with Crippen LogP contribution < -0.4 is 5.32 Å². The van der Waals surface area contributed by atoms with Gasteiger partial charge in [-0.15, -0.1) is 0 Å². The number of halogens is 3. The first-order valence-electron chi connectivity index (χ1n) is 8.28. The zero-order valence-corrected chi connectivity index (χ0v) is 13.1. The van der Waals surface area contributed by atoms with Gasteiger partial charge in [0.2, 0.25) is 0 Å². The molecular formula is C18H14F3N3O. The minimum absolute atomic E-state index is 0.000482. The number of hydrogen-bond acceptors (Lipinski definition) is 2. The largest absolute Gasteiger partial charge is 0.319 e. The summed E-state index contributed by atoms with van der Waals surface area (Å²) in [5.74, 6) is -3.85. The average Bonchev–Trinajstić information content (AvgIpc) is 3.03. The fourth-order valence-corrected chi connectivity index (χ4v) is 2.24. The molecular weight excluding hydrogens is 331 g/mol. The molecule has 0 atom stereocenters. The first-order chi connectivity index (χ1) is 12.7. The first kappa shape index (κ1) is 14.3. The van der Waals surface area contributed by atoms with Crippen molar-refractivity contribution in [3.8, 4) is 0 Å². The van der Waals surface area contributed by atoms with Crippen LogP contribution >= 0.6 is 0 Å². The normalized spacial score (nSPS) is 12.5. The lowest BCUT2D eigenvalue weighted by atomic mass is 10.1. The molecule has 0 unspecified atom stereocenters. The third-order valence-corrected chi connectivity index (χ3v) is 3.48. The van der Waals surface area contributed by atoms with Crippen molar-refractivity contribution in [1.29, 1.82) is 0 Å². The van der Waals surface area contributed by atoms with E-state index in [1.54, 1.807) is 13.0 Å². The lowest BCUT2D eigenvalue weighted by Gasteiger charge is -2.07. The summed E-state index contributed by atoms with van der Waals surface area (Å²) < 4.78 is 58.7.